The summed E-state index contributed by atoms with van der Waals surface area (Å²) in [6.07, 6.45) is 3.51. The number of carbonyl (C=O) groups excluding carboxylic acids is 2. The third-order valence-electron chi connectivity index (χ3n) is 3.84. The lowest BCUT2D eigenvalue weighted by atomic mass is 9.99. The van der Waals surface area contributed by atoms with Gasteiger partial charge in [-0.05, 0) is 25.0 Å². The topological polar surface area (TPSA) is 100 Å². The van der Waals surface area contributed by atoms with Gasteiger partial charge in [0.25, 0.3) is 5.91 Å². The van der Waals surface area contributed by atoms with Crippen LogP contribution in [0.3, 0.4) is 0 Å². The molecule has 1 saturated heterocycles. The van der Waals surface area contributed by atoms with Crippen molar-refractivity contribution < 1.29 is 14.3 Å². The van der Waals surface area contributed by atoms with Crippen molar-refractivity contribution >= 4 is 11.8 Å². The number of H-pyrrole nitrogens is 1. The second-order valence-corrected chi connectivity index (χ2v) is 5.20. The Morgan fingerprint density at radius 2 is 2.38 bits per heavy atom. The van der Waals surface area contributed by atoms with Gasteiger partial charge in [0, 0.05) is 32.4 Å². The Morgan fingerprint density at radius 3 is 3.00 bits per heavy atom. The molecule has 7 heteroatoms. The van der Waals surface area contributed by atoms with Crippen LogP contribution in [0.4, 0.5) is 0 Å². The van der Waals surface area contributed by atoms with Crippen molar-refractivity contribution in [3.05, 3.63) is 24.0 Å². The molecule has 1 aromatic heterocycles. The summed E-state index contributed by atoms with van der Waals surface area (Å²) in [6, 6.07) is 3.43. The highest BCUT2D eigenvalue weighted by Gasteiger charge is 2.29. The molecule has 7 nitrogen and oxygen atoms in total. The first-order valence-corrected chi connectivity index (χ1v) is 7.08. The minimum Gasteiger partial charge on any atom is -0.381 e. The van der Waals surface area contributed by atoms with Gasteiger partial charge in [-0.2, -0.15) is 0 Å². The zero-order valence-corrected chi connectivity index (χ0v) is 12.2. The fraction of sp³-hybridized carbons (Fsp3) is 0.571. The van der Waals surface area contributed by atoms with Crippen molar-refractivity contribution in [2.75, 3.05) is 26.7 Å². The number of nitrogens with zero attached hydrogens (tertiary/aromatic N) is 1. The van der Waals surface area contributed by atoms with Crippen LogP contribution in [0.5, 0.6) is 0 Å². The molecule has 2 heterocycles. The van der Waals surface area contributed by atoms with Crippen LogP contribution in [0.1, 0.15) is 23.3 Å². The van der Waals surface area contributed by atoms with Crippen LogP contribution in [0, 0.1) is 0 Å². The standard InChI is InChI=1S/C14H22N4O3/c1-21-11-4-6-18(10(7-11)8-15)9-13(19)17-14(20)12-3-2-5-16-12/h2-3,5,10-11,16H,4,6-9,15H2,1H3,(H,17,19,20). The zero-order chi connectivity index (χ0) is 15.2. The van der Waals surface area contributed by atoms with Gasteiger partial charge in [0.2, 0.25) is 5.91 Å². The third-order valence-corrected chi connectivity index (χ3v) is 3.84. The van der Waals surface area contributed by atoms with E-state index in [2.05, 4.69) is 10.3 Å². The van der Waals surface area contributed by atoms with E-state index in [9.17, 15) is 9.59 Å². The van der Waals surface area contributed by atoms with Gasteiger partial charge < -0.3 is 15.5 Å². The number of hydrogen-bond acceptors (Lipinski definition) is 5. The molecule has 2 atom stereocenters. The minimum atomic E-state index is -0.416. The molecule has 1 aliphatic heterocycles. The monoisotopic (exact) mass is 294 g/mol. The molecule has 0 aliphatic carbocycles. The van der Waals surface area contributed by atoms with Crippen molar-refractivity contribution in [2.45, 2.75) is 25.0 Å². The van der Waals surface area contributed by atoms with Crippen molar-refractivity contribution in [2.24, 2.45) is 5.73 Å². The van der Waals surface area contributed by atoms with E-state index >= 15 is 0 Å². The summed E-state index contributed by atoms with van der Waals surface area (Å²) in [6.45, 7) is 1.38. The summed E-state index contributed by atoms with van der Waals surface area (Å²) >= 11 is 0. The van der Waals surface area contributed by atoms with Gasteiger partial charge in [0.1, 0.15) is 5.69 Å². The molecular weight excluding hydrogens is 272 g/mol. The number of aromatic amines is 1. The Hall–Kier alpha value is -1.70. The zero-order valence-electron chi connectivity index (χ0n) is 12.2. The highest BCUT2D eigenvalue weighted by Crippen LogP contribution is 2.18. The molecule has 2 rings (SSSR count). The number of rotatable bonds is 5. The first-order chi connectivity index (χ1) is 10.1. The molecule has 0 spiro atoms. The van der Waals surface area contributed by atoms with Crippen LogP contribution >= 0.6 is 0 Å². The van der Waals surface area contributed by atoms with E-state index in [4.69, 9.17) is 10.5 Å². The number of carbonyl (C=O) groups is 2. The largest absolute Gasteiger partial charge is 0.381 e. The number of ether oxygens (including phenoxy) is 1. The lowest BCUT2D eigenvalue weighted by Crippen LogP contribution is -2.52. The SMILES string of the molecule is COC1CCN(CC(=O)NC(=O)c2ccc[nH]2)C(CN)C1. The summed E-state index contributed by atoms with van der Waals surface area (Å²) in [5.74, 6) is -0.731. The predicted octanol–water partition coefficient (Wildman–Crippen LogP) is -0.291. The van der Waals surface area contributed by atoms with Crippen molar-refractivity contribution in [1.82, 2.24) is 15.2 Å². The van der Waals surface area contributed by atoms with E-state index in [0.29, 0.717) is 12.2 Å². The molecule has 0 aromatic carbocycles. The van der Waals surface area contributed by atoms with Crippen LogP contribution in [0.25, 0.3) is 0 Å². The number of aromatic nitrogens is 1. The molecule has 0 saturated carbocycles. The number of amides is 2. The summed E-state index contributed by atoms with van der Waals surface area (Å²) in [7, 11) is 1.69. The van der Waals surface area contributed by atoms with Crippen molar-refractivity contribution in [3.63, 3.8) is 0 Å². The third kappa shape index (κ3) is 4.13. The van der Waals surface area contributed by atoms with Crippen LogP contribution in [0.15, 0.2) is 18.3 Å². The van der Waals surface area contributed by atoms with E-state index in [-0.39, 0.29) is 24.6 Å². The van der Waals surface area contributed by atoms with Crippen LogP contribution < -0.4 is 11.1 Å². The molecule has 4 N–H and O–H groups in total. The number of nitrogens with one attached hydrogen (secondary N) is 2. The molecular formula is C14H22N4O3. The molecule has 1 fully saturated rings. The Morgan fingerprint density at radius 1 is 1.57 bits per heavy atom. The van der Waals surface area contributed by atoms with Gasteiger partial charge in [-0.3, -0.25) is 19.8 Å². The van der Waals surface area contributed by atoms with E-state index in [0.717, 1.165) is 19.4 Å². The summed E-state index contributed by atoms with van der Waals surface area (Å²) in [4.78, 5) is 28.5. The number of nitrogens with two attached hydrogens (primary N) is 1. The van der Waals surface area contributed by atoms with Crippen LogP contribution in [-0.4, -0.2) is 60.6 Å². The van der Waals surface area contributed by atoms with E-state index in [1.165, 1.54) is 0 Å². The summed E-state index contributed by atoms with van der Waals surface area (Å²) < 4.78 is 5.35. The lowest BCUT2D eigenvalue weighted by Gasteiger charge is -2.37. The summed E-state index contributed by atoms with van der Waals surface area (Å²) in [5.41, 5.74) is 6.14. The maximum Gasteiger partial charge on any atom is 0.274 e. The van der Waals surface area contributed by atoms with Crippen LogP contribution in [0.2, 0.25) is 0 Å². The number of hydrogen-bond donors (Lipinski definition) is 3. The molecule has 1 aliphatic rings. The van der Waals surface area contributed by atoms with E-state index < -0.39 is 5.91 Å². The number of piperidine rings is 1. The van der Waals surface area contributed by atoms with Crippen molar-refractivity contribution in [3.8, 4) is 0 Å². The first-order valence-electron chi connectivity index (χ1n) is 7.08. The molecule has 21 heavy (non-hydrogen) atoms. The van der Waals surface area contributed by atoms with Crippen LogP contribution in [-0.2, 0) is 9.53 Å². The Balaban J connectivity index is 1.85. The lowest BCUT2D eigenvalue weighted by molar-refractivity contribution is -0.122. The second kappa shape index (κ2) is 7.35. The van der Waals surface area contributed by atoms with E-state index in [1.807, 2.05) is 4.90 Å². The normalized spacial score (nSPS) is 23.0. The van der Waals surface area contributed by atoms with E-state index in [1.54, 1.807) is 25.4 Å². The average Bonchev–Trinajstić information content (AvgIpc) is 3.01. The fourth-order valence-electron chi connectivity index (χ4n) is 2.62. The highest BCUT2D eigenvalue weighted by atomic mass is 16.5. The molecule has 0 radical (unpaired) electrons. The Bertz CT molecular complexity index is 475. The fourth-order valence-corrected chi connectivity index (χ4v) is 2.62. The molecule has 1 aromatic rings. The average molecular weight is 294 g/mol. The van der Waals surface area contributed by atoms with Crippen molar-refractivity contribution in [1.29, 1.82) is 0 Å². The maximum absolute atomic E-state index is 12.0. The van der Waals surface area contributed by atoms with Gasteiger partial charge in [-0.15, -0.1) is 0 Å². The molecule has 2 amide bonds. The Kier molecular flexibility index (Phi) is 5.49. The molecule has 0 bridgehead atoms. The number of likely N-dealkylation sites (tertiary alicyclic amines) is 1. The minimum absolute atomic E-state index is 0.107. The number of imide groups is 1. The Labute approximate surface area is 123 Å². The van der Waals surface area contributed by atoms with Gasteiger partial charge in [-0.1, -0.05) is 0 Å². The first kappa shape index (κ1) is 15.7. The van der Waals surface area contributed by atoms with Gasteiger partial charge >= 0.3 is 0 Å². The predicted molar refractivity (Wildman–Crippen MR) is 77.7 cm³/mol. The second-order valence-electron chi connectivity index (χ2n) is 5.20. The molecule has 116 valence electrons. The smallest absolute Gasteiger partial charge is 0.274 e. The molecule has 2 unspecified atom stereocenters. The highest BCUT2D eigenvalue weighted by molar-refractivity contribution is 6.04. The number of methoxy groups -OCH3 is 1. The van der Waals surface area contributed by atoms with Gasteiger partial charge in [-0.25, -0.2) is 0 Å². The van der Waals surface area contributed by atoms with Gasteiger partial charge in [0.05, 0.1) is 12.6 Å². The quantitative estimate of drug-likeness (QED) is 0.693. The summed E-state index contributed by atoms with van der Waals surface area (Å²) in [5, 5.41) is 2.38. The van der Waals surface area contributed by atoms with Gasteiger partial charge in [0.15, 0.2) is 0 Å². The maximum atomic E-state index is 12.0.